The molecule has 1 heterocycles. The molecule has 1 aromatic heterocycles. The highest BCUT2D eigenvalue weighted by molar-refractivity contribution is 5.97. The van der Waals surface area contributed by atoms with Crippen LogP contribution in [0.1, 0.15) is 55.4 Å². The summed E-state index contributed by atoms with van der Waals surface area (Å²) in [7, 11) is 0. The Bertz CT molecular complexity index is 756. The first-order valence-corrected chi connectivity index (χ1v) is 8.26. The van der Waals surface area contributed by atoms with E-state index < -0.39 is 0 Å². The number of H-pyrrole nitrogens is 1. The summed E-state index contributed by atoms with van der Waals surface area (Å²) >= 11 is 0. The van der Waals surface area contributed by atoms with E-state index in [1.165, 1.54) is 0 Å². The minimum Gasteiger partial charge on any atom is -0.396 e. The number of aliphatic hydroxyl groups is 1. The number of hydrogen-bond donors (Lipinski definition) is 3. The molecule has 1 aromatic carbocycles. The van der Waals surface area contributed by atoms with Gasteiger partial charge < -0.3 is 15.4 Å². The lowest BCUT2D eigenvalue weighted by molar-refractivity contribution is 0.0934. The lowest BCUT2D eigenvalue weighted by Crippen LogP contribution is -2.33. The smallest absolute Gasteiger partial charge is 0.326 e. The van der Waals surface area contributed by atoms with Gasteiger partial charge in [0, 0.05) is 24.3 Å². The summed E-state index contributed by atoms with van der Waals surface area (Å²) in [5.41, 5.74) is 1.98. The summed E-state index contributed by atoms with van der Waals surface area (Å²) in [6, 6.07) is 5.49. The number of aromatic amines is 1. The van der Waals surface area contributed by atoms with E-state index in [2.05, 4.69) is 10.3 Å². The number of benzene rings is 1. The molecule has 124 valence electrons. The standard InChI is InChI=1S/C17H23N3O3/c1-11(8-9-21)18-16(22)12-6-7-15-14(10-12)19-17(23)20(15)13-4-2-3-5-13/h6-7,10-11,13,21H,2-5,8-9H2,1H3,(H,18,22)(H,19,23). The largest absolute Gasteiger partial charge is 0.396 e. The molecule has 3 N–H and O–H groups in total. The molecule has 1 unspecified atom stereocenters. The third-order valence-corrected chi connectivity index (χ3v) is 4.61. The Hall–Kier alpha value is -2.08. The molecular weight excluding hydrogens is 294 g/mol. The lowest BCUT2D eigenvalue weighted by atomic mass is 10.1. The molecule has 0 bridgehead atoms. The van der Waals surface area contributed by atoms with Gasteiger partial charge in [-0.05, 0) is 44.4 Å². The van der Waals surface area contributed by atoms with Crippen LogP contribution in [0.2, 0.25) is 0 Å². The van der Waals surface area contributed by atoms with Gasteiger partial charge in [0.15, 0.2) is 0 Å². The highest BCUT2D eigenvalue weighted by Crippen LogP contribution is 2.30. The fraction of sp³-hybridized carbons (Fsp3) is 0.529. The van der Waals surface area contributed by atoms with Gasteiger partial charge in [0.05, 0.1) is 11.0 Å². The Morgan fingerprint density at radius 3 is 2.87 bits per heavy atom. The average molecular weight is 317 g/mol. The normalized spacial score (nSPS) is 16.8. The maximum Gasteiger partial charge on any atom is 0.326 e. The molecule has 3 rings (SSSR count). The molecular formula is C17H23N3O3. The van der Waals surface area contributed by atoms with Crippen LogP contribution in [-0.2, 0) is 0 Å². The first kappa shape index (κ1) is 15.8. The second-order valence-corrected chi connectivity index (χ2v) is 6.36. The third kappa shape index (κ3) is 3.17. The van der Waals surface area contributed by atoms with Gasteiger partial charge >= 0.3 is 5.69 Å². The molecule has 2 aromatic rings. The molecule has 0 spiro atoms. The van der Waals surface area contributed by atoms with Crippen LogP contribution in [0, 0.1) is 0 Å². The van der Waals surface area contributed by atoms with Crippen LogP contribution in [0.5, 0.6) is 0 Å². The zero-order valence-electron chi connectivity index (χ0n) is 13.3. The highest BCUT2D eigenvalue weighted by Gasteiger charge is 2.21. The molecule has 1 atom stereocenters. The summed E-state index contributed by atoms with van der Waals surface area (Å²) in [6.07, 6.45) is 4.91. The van der Waals surface area contributed by atoms with Gasteiger partial charge in [-0.1, -0.05) is 12.8 Å². The van der Waals surface area contributed by atoms with E-state index in [4.69, 9.17) is 5.11 Å². The fourth-order valence-corrected chi connectivity index (χ4v) is 3.37. The molecule has 1 amide bonds. The van der Waals surface area contributed by atoms with Gasteiger partial charge in [-0.2, -0.15) is 0 Å². The van der Waals surface area contributed by atoms with Gasteiger partial charge in [-0.25, -0.2) is 4.79 Å². The number of amides is 1. The molecule has 23 heavy (non-hydrogen) atoms. The molecule has 0 saturated heterocycles. The number of hydrogen-bond acceptors (Lipinski definition) is 3. The summed E-state index contributed by atoms with van der Waals surface area (Å²) in [5, 5.41) is 11.7. The number of carbonyl (C=O) groups excluding carboxylic acids is 1. The number of rotatable bonds is 5. The molecule has 1 saturated carbocycles. The van der Waals surface area contributed by atoms with Gasteiger partial charge in [0.25, 0.3) is 5.91 Å². The van der Waals surface area contributed by atoms with E-state index in [0.717, 1.165) is 31.2 Å². The highest BCUT2D eigenvalue weighted by atomic mass is 16.3. The summed E-state index contributed by atoms with van der Waals surface area (Å²) < 4.78 is 1.83. The lowest BCUT2D eigenvalue weighted by Gasteiger charge is -2.13. The first-order valence-electron chi connectivity index (χ1n) is 8.26. The average Bonchev–Trinajstić information content (AvgIpc) is 3.12. The molecule has 0 radical (unpaired) electrons. The number of nitrogens with one attached hydrogen (secondary N) is 2. The fourth-order valence-electron chi connectivity index (χ4n) is 3.37. The Labute approximate surface area is 134 Å². The van der Waals surface area contributed by atoms with Crippen molar-refractivity contribution in [3.63, 3.8) is 0 Å². The van der Waals surface area contributed by atoms with Crippen molar-refractivity contribution in [3.8, 4) is 0 Å². The van der Waals surface area contributed by atoms with Crippen molar-refractivity contribution in [2.24, 2.45) is 0 Å². The van der Waals surface area contributed by atoms with Crippen LogP contribution in [-0.4, -0.2) is 33.2 Å². The summed E-state index contributed by atoms with van der Waals surface area (Å²) in [4.78, 5) is 27.3. The van der Waals surface area contributed by atoms with Crippen LogP contribution in [0.15, 0.2) is 23.0 Å². The SMILES string of the molecule is CC(CCO)NC(=O)c1ccc2c(c1)[nH]c(=O)n2C1CCCC1. The number of fused-ring (bicyclic) bond motifs is 1. The minimum absolute atomic E-state index is 0.0397. The number of carbonyl (C=O) groups is 1. The van der Waals surface area contributed by atoms with Crippen molar-refractivity contribution < 1.29 is 9.90 Å². The quantitative estimate of drug-likeness (QED) is 0.787. The molecule has 1 aliphatic rings. The second kappa shape index (κ2) is 6.58. The Morgan fingerprint density at radius 1 is 1.43 bits per heavy atom. The first-order chi connectivity index (χ1) is 11.1. The summed E-state index contributed by atoms with van der Waals surface area (Å²) in [5.74, 6) is -0.192. The van der Waals surface area contributed by atoms with Crippen molar-refractivity contribution in [1.29, 1.82) is 0 Å². The topological polar surface area (TPSA) is 87.1 Å². The Kier molecular flexibility index (Phi) is 4.52. The molecule has 6 nitrogen and oxygen atoms in total. The van der Waals surface area contributed by atoms with Crippen molar-refractivity contribution in [2.75, 3.05) is 6.61 Å². The predicted molar refractivity (Wildman–Crippen MR) is 88.7 cm³/mol. The van der Waals surface area contributed by atoms with Gasteiger partial charge in [0.2, 0.25) is 0 Å². The van der Waals surface area contributed by atoms with Crippen molar-refractivity contribution in [2.45, 2.75) is 51.1 Å². The molecule has 1 fully saturated rings. The third-order valence-electron chi connectivity index (χ3n) is 4.61. The van der Waals surface area contributed by atoms with Crippen LogP contribution >= 0.6 is 0 Å². The van der Waals surface area contributed by atoms with Crippen LogP contribution in [0.3, 0.4) is 0 Å². The van der Waals surface area contributed by atoms with Gasteiger partial charge in [-0.15, -0.1) is 0 Å². The van der Waals surface area contributed by atoms with Gasteiger partial charge in [0.1, 0.15) is 0 Å². The molecule has 6 heteroatoms. The Balaban J connectivity index is 1.88. The number of imidazole rings is 1. The number of aromatic nitrogens is 2. The zero-order valence-corrected chi connectivity index (χ0v) is 13.3. The van der Waals surface area contributed by atoms with Gasteiger partial charge in [-0.3, -0.25) is 9.36 Å². The van der Waals surface area contributed by atoms with E-state index in [1.54, 1.807) is 12.1 Å². The van der Waals surface area contributed by atoms with E-state index in [0.29, 0.717) is 17.5 Å². The number of nitrogens with zero attached hydrogens (tertiary/aromatic N) is 1. The monoisotopic (exact) mass is 317 g/mol. The van der Waals surface area contributed by atoms with Crippen molar-refractivity contribution >= 4 is 16.9 Å². The van der Waals surface area contributed by atoms with Crippen LogP contribution in [0.25, 0.3) is 11.0 Å². The van der Waals surface area contributed by atoms with E-state index >= 15 is 0 Å². The maximum absolute atomic E-state index is 12.2. The van der Waals surface area contributed by atoms with Crippen LogP contribution in [0.4, 0.5) is 0 Å². The second-order valence-electron chi connectivity index (χ2n) is 6.36. The van der Waals surface area contributed by atoms with Crippen molar-refractivity contribution in [1.82, 2.24) is 14.9 Å². The Morgan fingerprint density at radius 2 is 2.17 bits per heavy atom. The predicted octanol–water partition coefficient (Wildman–Crippen LogP) is 1.95. The van der Waals surface area contributed by atoms with Crippen molar-refractivity contribution in [3.05, 3.63) is 34.2 Å². The van der Waals surface area contributed by atoms with Crippen LogP contribution < -0.4 is 11.0 Å². The molecule has 1 aliphatic carbocycles. The van der Waals surface area contributed by atoms with E-state index in [1.807, 2.05) is 17.6 Å². The minimum atomic E-state index is -0.192. The summed E-state index contributed by atoms with van der Waals surface area (Å²) in [6.45, 7) is 1.89. The van der Waals surface area contributed by atoms with E-state index in [9.17, 15) is 9.59 Å². The zero-order chi connectivity index (χ0) is 16.4. The molecule has 0 aliphatic heterocycles. The maximum atomic E-state index is 12.2. The van der Waals surface area contributed by atoms with E-state index in [-0.39, 0.29) is 30.3 Å². The number of aliphatic hydroxyl groups excluding tert-OH is 1.